The van der Waals surface area contributed by atoms with E-state index in [1.165, 1.54) is 7.11 Å². The molecule has 0 atom stereocenters. The third-order valence-corrected chi connectivity index (χ3v) is 2.83. The molecule has 0 aliphatic rings. The number of hydrogen-bond donors (Lipinski definition) is 1. The Morgan fingerprint density at radius 3 is 2.89 bits per heavy atom. The van der Waals surface area contributed by atoms with Crippen molar-refractivity contribution >= 4 is 23.3 Å². The van der Waals surface area contributed by atoms with E-state index in [0.29, 0.717) is 11.6 Å². The van der Waals surface area contributed by atoms with Crippen LogP contribution in [-0.4, -0.2) is 22.9 Å². The summed E-state index contributed by atoms with van der Waals surface area (Å²) in [6.07, 6.45) is 1.58. The fourth-order valence-corrected chi connectivity index (χ4v) is 1.77. The first kappa shape index (κ1) is 12.4. The Balaban J connectivity index is 2.26. The number of carbonyl (C=O) groups is 1. The van der Waals surface area contributed by atoms with Crippen LogP contribution in [0.1, 0.15) is 16.1 Å². The zero-order chi connectivity index (χ0) is 13.1. The van der Waals surface area contributed by atoms with Crippen LogP contribution >= 0.6 is 11.6 Å². The van der Waals surface area contributed by atoms with Gasteiger partial charge in [-0.3, -0.25) is 4.68 Å². The van der Waals surface area contributed by atoms with Crippen molar-refractivity contribution in [3.63, 3.8) is 0 Å². The third-order valence-electron chi connectivity index (χ3n) is 2.46. The first-order valence-corrected chi connectivity index (χ1v) is 5.64. The SMILES string of the molecule is COC(=O)c1nn(Cc2ccccc2Cl)cc1N. The fraction of sp³-hybridized carbons (Fsp3) is 0.167. The van der Waals surface area contributed by atoms with Crippen molar-refractivity contribution < 1.29 is 9.53 Å². The highest BCUT2D eigenvalue weighted by Crippen LogP contribution is 2.17. The number of methoxy groups -OCH3 is 1. The minimum Gasteiger partial charge on any atom is -0.464 e. The molecule has 2 rings (SSSR count). The number of rotatable bonds is 3. The lowest BCUT2D eigenvalue weighted by Crippen LogP contribution is -2.07. The molecule has 94 valence electrons. The van der Waals surface area contributed by atoms with Crippen molar-refractivity contribution in [2.75, 3.05) is 12.8 Å². The van der Waals surface area contributed by atoms with Crippen molar-refractivity contribution in [2.24, 2.45) is 0 Å². The van der Waals surface area contributed by atoms with Crippen molar-refractivity contribution in [1.29, 1.82) is 0 Å². The van der Waals surface area contributed by atoms with Gasteiger partial charge < -0.3 is 10.5 Å². The molecule has 2 aromatic rings. The number of anilines is 1. The number of ether oxygens (including phenoxy) is 1. The van der Waals surface area contributed by atoms with Crippen LogP contribution < -0.4 is 5.73 Å². The van der Waals surface area contributed by atoms with Gasteiger partial charge in [-0.25, -0.2) is 4.79 Å². The Kier molecular flexibility index (Phi) is 3.53. The summed E-state index contributed by atoms with van der Waals surface area (Å²) in [4.78, 5) is 11.4. The molecular formula is C12H12ClN3O2. The van der Waals surface area contributed by atoms with Gasteiger partial charge in [-0.2, -0.15) is 5.10 Å². The van der Waals surface area contributed by atoms with Crippen LogP contribution in [0.2, 0.25) is 5.02 Å². The van der Waals surface area contributed by atoms with Crippen LogP contribution in [0.25, 0.3) is 0 Å². The van der Waals surface area contributed by atoms with Gasteiger partial charge in [0.1, 0.15) is 0 Å². The Morgan fingerprint density at radius 2 is 2.22 bits per heavy atom. The van der Waals surface area contributed by atoms with Gasteiger partial charge in [0.25, 0.3) is 0 Å². The van der Waals surface area contributed by atoms with Crippen LogP contribution in [-0.2, 0) is 11.3 Å². The molecule has 0 saturated carbocycles. The van der Waals surface area contributed by atoms with Crippen LogP contribution in [0.4, 0.5) is 5.69 Å². The van der Waals surface area contributed by atoms with Gasteiger partial charge in [-0.15, -0.1) is 0 Å². The van der Waals surface area contributed by atoms with E-state index in [0.717, 1.165) is 5.56 Å². The van der Waals surface area contributed by atoms with E-state index in [4.69, 9.17) is 17.3 Å². The molecule has 0 bridgehead atoms. The van der Waals surface area contributed by atoms with E-state index in [-0.39, 0.29) is 11.4 Å². The topological polar surface area (TPSA) is 70.1 Å². The molecule has 0 radical (unpaired) electrons. The molecule has 2 N–H and O–H groups in total. The quantitative estimate of drug-likeness (QED) is 0.861. The van der Waals surface area contributed by atoms with E-state index in [9.17, 15) is 4.79 Å². The Hall–Kier alpha value is -2.01. The highest BCUT2D eigenvalue weighted by molar-refractivity contribution is 6.31. The maximum atomic E-state index is 11.4. The van der Waals surface area contributed by atoms with Gasteiger partial charge >= 0.3 is 5.97 Å². The van der Waals surface area contributed by atoms with Gasteiger partial charge in [0.2, 0.25) is 0 Å². The van der Waals surface area contributed by atoms with Crippen LogP contribution in [0, 0.1) is 0 Å². The number of esters is 1. The third kappa shape index (κ3) is 2.46. The summed E-state index contributed by atoms with van der Waals surface area (Å²) in [5.74, 6) is -0.551. The fourth-order valence-electron chi connectivity index (χ4n) is 1.57. The molecule has 0 unspecified atom stereocenters. The van der Waals surface area contributed by atoms with Crippen molar-refractivity contribution in [1.82, 2.24) is 9.78 Å². The molecule has 0 spiro atoms. The minimum absolute atomic E-state index is 0.115. The maximum Gasteiger partial charge on any atom is 0.360 e. The van der Waals surface area contributed by atoms with Gasteiger partial charge in [-0.05, 0) is 11.6 Å². The van der Waals surface area contributed by atoms with E-state index in [1.807, 2.05) is 18.2 Å². The van der Waals surface area contributed by atoms with Gasteiger partial charge in [0.05, 0.1) is 19.3 Å². The number of hydrogen-bond acceptors (Lipinski definition) is 4. The second kappa shape index (κ2) is 5.10. The monoisotopic (exact) mass is 265 g/mol. The zero-order valence-corrected chi connectivity index (χ0v) is 10.5. The molecule has 0 fully saturated rings. The Morgan fingerprint density at radius 1 is 1.50 bits per heavy atom. The van der Waals surface area contributed by atoms with E-state index in [2.05, 4.69) is 9.84 Å². The maximum absolute atomic E-state index is 11.4. The number of halogens is 1. The average Bonchev–Trinajstić information content (AvgIpc) is 2.72. The van der Waals surface area contributed by atoms with Crippen molar-refractivity contribution in [3.05, 3.63) is 46.7 Å². The largest absolute Gasteiger partial charge is 0.464 e. The predicted octanol–water partition coefficient (Wildman–Crippen LogP) is 1.95. The smallest absolute Gasteiger partial charge is 0.360 e. The van der Waals surface area contributed by atoms with Gasteiger partial charge in [0, 0.05) is 11.2 Å². The molecule has 1 aromatic carbocycles. The summed E-state index contributed by atoms with van der Waals surface area (Å²) in [5.41, 5.74) is 6.99. The number of benzene rings is 1. The summed E-state index contributed by atoms with van der Waals surface area (Å²) >= 11 is 6.05. The summed E-state index contributed by atoms with van der Waals surface area (Å²) in [5, 5.41) is 4.72. The first-order valence-electron chi connectivity index (χ1n) is 5.26. The highest BCUT2D eigenvalue weighted by Gasteiger charge is 2.15. The van der Waals surface area contributed by atoms with E-state index < -0.39 is 5.97 Å². The molecule has 5 nitrogen and oxygen atoms in total. The highest BCUT2D eigenvalue weighted by atomic mass is 35.5. The molecule has 0 aliphatic carbocycles. The molecule has 6 heteroatoms. The average molecular weight is 266 g/mol. The summed E-state index contributed by atoms with van der Waals surface area (Å²) in [6.45, 7) is 0.445. The number of nitrogens with zero attached hydrogens (tertiary/aromatic N) is 2. The lowest BCUT2D eigenvalue weighted by atomic mass is 10.2. The predicted molar refractivity (Wildman–Crippen MR) is 68.5 cm³/mol. The normalized spacial score (nSPS) is 10.3. The summed E-state index contributed by atoms with van der Waals surface area (Å²) in [7, 11) is 1.29. The van der Waals surface area contributed by atoms with Gasteiger partial charge in [0.15, 0.2) is 5.69 Å². The molecule has 0 saturated heterocycles. The minimum atomic E-state index is -0.551. The number of carbonyl (C=O) groups excluding carboxylic acids is 1. The molecule has 1 aromatic heterocycles. The molecular weight excluding hydrogens is 254 g/mol. The number of nitrogens with two attached hydrogens (primary N) is 1. The lowest BCUT2D eigenvalue weighted by molar-refractivity contribution is 0.0594. The second-order valence-corrected chi connectivity index (χ2v) is 4.12. The summed E-state index contributed by atoms with van der Waals surface area (Å²) < 4.78 is 6.14. The Labute approximate surface area is 109 Å². The zero-order valence-electron chi connectivity index (χ0n) is 9.76. The lowest BCUT2D eigenvalue weighted by Gasteiger charge is -2.03. The molecule has 0 aliphatic heterocycles. The van der Waals surface area contributed by atoms with E-state index in [1.54, 1.807) is 16.9 Å². The standard InChI is InChI=1S/C12H12ClN3O2/c1-18-12(17)11-10(14)7-16(15-11)6-8-4-2-3-5-9(8)13/h2-5,7H,6,14H2,1H3. The first-order chi connectivity index (χ1) is 8.61. The second-order valence-electron chi connectivity index (χ2n) is 3.71. The number of aromatic nitrogens is 2. The van der Waals surface area contributed by atoms with Crippen LogP contribution in [0.3, 0.4) is 0 Å². The summed E-state index contributed by atoms with van der Waals surface area (Å²) in [6, 6.07) is 7.42. The van der Waals surface area contributed by atoms with Crippen molar-refractivity contribution in [2.45, 2.75) is 6.54 Å². The van der Waals surface area contributed by atoms with Crippen molar-refractivity contribution in [3.8, 4) is 0 Å². The number of nitrogen functional groups attached to an aromatic ring is 1. The molecule has 0 amide bonds. The van der Waals surface area contributed by atoms with Crippen LogP contribution in [0.15, 0.2) is 30.5 Å². The molecule has 1 heterocycles. The van der Waals surface area contributed by atoms with E-state index >= 15 is 0 Å². The molecule has 18 heavy (non-hydrogen) atoms. The Bertz CT molecular complexity index is 580. The van der Waals surface area contributed by atoms with Crippen LogP contribution in [0.5, 0.6) is 0 Å². The van der Waals surface area contributed by atoms with Gasteiger partial charge in [-0.1, -0.05) is 29.8 Å².